The SMILES string of the molecule is C/C=C\CC(O)C(C)c1ccccc1. The van der Waals surface area contributed by atoms with Crippen molar-refractivity contribution in [3.05, 3.63) is 48.0 Å². The molecule has 76 valence electrons. The fourth-order valence-electron chi connectivity index (χ4n) is 1.46. The van der Waals surface area contributed by atoms with Gasteiger partial charge in [0.25, 0.3) is 0 Å². The molecule has 0 aromatic heterocycles. The normalized spacial score (nSPS) is 15.6. The minimum absolute atomic E-state index is 0.201. The summed E-state index contributed by atoms with van der Waals surface area (Å²) in [6.07, 6.45) is 4.42. The van der Waals surface area contributed by atoms with Gasteiger partial charge in [0.2, 0.25) is 0 Å². The second kappa shape index (κ2) is 5.61. The first-order valence-electron chi connectivity index (χ1n) is 5.10. The molecule has 0 fully saturated rings. The lowest BCUT2D eigenvalue weighted by Crippen LogP contribution is -2.14. The largest absolute Gasteiger partial charge is 0.392 e. The third kappa shape index (κ3) is 3.00. The van der Waals surface area contributed by atoms with Crippen molar-refractivity contribution in [1.82, 2.24) is 0 Å². The number of allylic oxidation sites excluding steroid dienone is 1. The van der Waals surface area contributed by atoms with Crippen LogP contribution in [0.2, 0.25) is 0 Å². The van der Waals surface area contributed by atoms with Crippen LogP contribution in [0.3, 0.4) is 0 Å². The third-order valence-electron chi connectivity index (χ3n) is 2.52. The molecule has 14 heavy (non-hydrogen) atoms. The van der Waals surface area contributed by atoms with Crippen molar-refractivity contribution in [3.8, 4) is 0 Å². The Morgan fingerprint density at radius 1 is 1.29 bits per heavy atom. The van der Waals surface area contributed by atoms with Gasteiger partial charge in [0.1, 0.15) is 0 Å². The number of aliphatic hydroxyl groups is 1. The second-order valence-electron chi connectivity index (χ2n) is 3.57. The fraction of sp³-hybridized carbons (Fsp3) is 0.385. The Labute approximate surface area is 86.1 Å². The first-order chi connectivity index (χ1) is 6.75. The number of aliphatic hydroxyl groups excluding tert-OH is 1. The van der Waals surface area contributed by atoms with Crippen LogP contribution in [0.15, 0.2) is 42.5 Å². The molecule has 0 aliphatic rings. The summed E-state index contributed by atoms with van der Waals surface area (Å²) in [6.45, 7) is 4.03. The Balaban J connectivity index is 2.61. The minimum Gasteiger partial charge on any atom is -0.392 e. The average Bonchev–Trinajstić information content (AvgIpc) is 2.26. The molecule has 1 aromatic rings. The van der Waals surface area contributed by atoms with Crippen molar-refractivity contribution in [2.75, 3.05) is 0 Å². The van der Waals surface area contributed by atoms with Gasteiger partial charge in [-0.2, -0.15) is 0 Å². The van der Waals surface area contributed by atoms with E-state index in [-0.39, 0.29) is 12.0 Å². The van der Waals surface area contributed by atoms with E-state index in [2.05, 4.69) is 19.1 Å². The van der Waals surface area contributed by atoms with Crippen LogP contribution in [0.5, 0.6) is 0 Å². The molecule has 0 radical (unpaired) electrons. The van der Waals surface area contributed by atoms with Gasteiger partial charge in [-0.05, 0) is 18.9 Å². The van der Waals surface area contributed by atoms with Gasteiger partial charge in [-0.15, -0.1) is 0 Å². The molecule has 0 aliphatic heterocycles. The molecule has 0 bridgehead atoms. The predicted octanol–water partition coefficient (Wildman–Crippen LogP) is 3.12. The minimum atomic E-state index is -0.284. The number of hydrogen-bond donors (Lipinski definition) is 1. The van der Waals surface area contributed by atoms with Gasteiger partial charge in [-0.25, -0.2) is 0 Å². The molecule has 1 heteroatoms. The van der Waals surface area contributed by atoms with Gasteiger partial charge in [0.15, 0.2) is 0 Å². The van der Waals surface area contributed by atoms with Gasteiger partial charge >= 0.3 is 0 Å². The predicted molar refractivity (Wildman–Crippen MR) is 60.3 cm³/mol. The Morgan fingerprint density at radius 2 is 1.93 bits per heavy atom. The summed E-state index contributed by atoms with van der Waals surface area (Å²) in [5.74, 6) is 0.201. The van der Waals surface area contributed by atoms with Crippen LogP contribution >= 0.6 is 0 Å². The summed E-state index contributed by atoms with van der Waals surface area (Å²) in [6, 6.07) is 10.1. The van der Waals surface area contributed by atoms with Crippen molar-refractivity contribution < 1.29 is 5.11 Å². The summed E-state index contributed by atoms with van der Waals surface area (Å²) < 4.78 is 0. The van der Waals surface area contributed by atoms with Gasteiger partial charge in [0, 0.05) is 5.92 Å². The Kier molecular flexibility index (Phi) is 4.41. The van der Waals surface area contributed by atoms with Crippen LogP contribution in [0, 0.1) is 0 Å². The second-order valence-corrected chi connectivity index (χ2v) is 3.57. The first kappa shape index (κ1) is 11.0. The summed E-state index contributed by atoms with van der Waals surface area (Å²) >= 11 is 0. The zero-order chi connectivity index (χ0) is 10.4. The van der Waals surface area contributed by atoms with E-state index in [1.807, 2.05) is 37.3 Å². The van der Waals surface area contributed by atoms with E-state index in [0.29, 0.717) is 0 Å². The quantitative estimate of drug-likeness (QED) is 0.723. The molecular formula is C13H18O. The standard InChI is InChI=1S/C13H18O/c1-3-4-10-13(14)11(2)12-8-6-5-7-9-12/h3-9,11,13-14H,10H2,1-2H3/b4-3-. The molecule has 0 aliphatic carbocycles. The van der Waals surface area contributed by atoms with E-state index in [1.54, 1.807) is 0 Å². The number of hydrogen-bond acceptors (Lipinski definition) is 1. The first-order valence-corrected chi connectivity index (χ1v) is 5.10. The van der Waals surface area contributed by atoms with Crippen molar-refractivity contribution >= 4 is 0 Å². The Morgan fingerprint density at radius 3 is 2.50 bits per heavy atom. The maximum absolute atomic E-state index is 9.85. The summed E-state index contributed by atoms with van der Waals surface area (Å²) in [5.41, 5.74) is 1.20. The molecule has 1 N–H and O–H groups in total. The van der Waals surface area contributed by atoms with Gasteiger partial charge in [-0.3, -0.25) is 0 Å². The topological polar surface area (TPSA) is 20.2 Å². The van der Waals surface area contributed by atoms with Crippen molar-refractivity contribution in [3.63, 3.8) is 0 Å². The molecule has 0 saturated heterocycles. The lowest BCUT2D eigenvalue weighted by Gasteiger charge is -2.17. The van der Waals surface area contributed by atoms with Crippen LogP contribution in [-0.2, 0) is 0 Å². The van der Waals surface area contributed by atoms with E-state index in [9.17, 15) is 5.11 Å². The van der Waals surface area contributed by atoms with Gasteiger partial charge in [0.05, 0.1) is 6.10 Å². The van der Waals surface area contributed by atoms with Crippen LogP contribution in [0.25, 0.3) is 0 Å². The molecule has 1 nitrogen and oxygen atoms in total. The van der Waals surface area contributed by atoms with E-state index in [4.69, 9.17) is 0 Å². The zero-order valence-electron chi connectivity index (χ0n) is 8.85. The molecule has 1 rings (SSSR count). The van der Waals surface area contributed by atoms with Crippen molar-refractivity contribution in [1.29, 1.82) is 0 Å². The molecular weight excluding hydrogens is 172 g/mol. The molecule has 1 aromatic carbocycles. The monoisotopic (exact) mass is 190 g/mol. The number of benzene rings is 1. The average molecular weight is 190 g/mol. The van der Waals surface area contributed by atoms with Crippen LogP contribution in [0.4, 0.5) is 0 Å². The highest BCUT2D eigenvalue weighted by molar-refractivity contribution is 5.20. The number of rotatable bonds is 4. The van der Waals surface area contributed by atoms with Crippen LogP contribution in [-0.4, -0.2) is 11.2 Å². The lowest BCUT2D eigenvalue weighted by atomic mass is 9.93. The van der Waals surface area contributed by atoms with E-state index in [0.717, 1.165) is 6.42 Å². The molecule has 0 spiro atoms. The fourth-order valence-corrected chi connectivity index (χ4v) is 1.46. The van der Waals surface area contributed by atoms with Crippen LogP contribution < -0.4 is 0 Å². The summed E-state index contributed by atoms with van der Waals surface area (Å²) in [5, 5.41) is 9.85. The maximum Gasteiger partial charge on any atom is 0.0640 e. The molecule has 2 unspecified atom stereocenters. The van der Waals surface area contributed by atoms with E-state index >= 15 is 0 Å². The third-order valence-corrected chi connectivity index (χ3v) is 2.52. The highest BCUT2D eigenvalue weighted by Gasteiger charge is 2.13. The molecule has 0 heterocycles. The molecule has 0 amide bonds. The van der Waals surface area contributed by atoms with Crippen molar-refractivity contribution in [2.45, 2.75) is 32.3 Å². The van der Waals surface area contributed by atoms with Crippen LogP contribution in [0.1, 0.15) is 31.7 Å². The van der Waals surface area contributed by atoms with E-state index in [1.165, 1.54) is 5.56 Å². The zero-order valence-corrected chi connectivity index (χ0v) is 8.85. The molecule has 2 atom stereocenters. The van der Waals surface area contributed by atoms with Crippen molar-refractivity contribution in [2.24, 2.45) is 0 Å². The smallest absolute Gasteiger partial charge is 0.0640 e. The van der Waals surface area contributed by atoms with Gasteiger partial charge in [-0.1, -0.05) is 49.4 Å². The maximum atomic E-state index is 9.85. The van der Waals surface area contributed by atoms with Gasteiger partial charge < -0.3 is 5.11 Å². The van der Waals surface area contributed by atoms with E-state index < -0.39 is 0 Å². The summed E-state index contributed by atoms with van der Waals surface area (Å²) in [7, 11) is 0. The highest BCUT2D eigenvalue weighted by Crippen LogP contribution is 2.20. The Bertz CT molecular complexity index is 277. The molecule has 0 saturated carbocycles. The summed E-state index contributed by atoms with van der Waals surface area (Å²) in [4.78, 5) is 0. The Hall–Kier alpha value is -1.08. The highest BCUT2D eigenvalue weighted by atomic mass is 16.3. The lowest BCUT2D eigenvalue weighted by molar-refractivity contribution is 0.152.